The van der Waals surface area contributed by atoms with Gasteiger partial charge in [-0.1, -0.05) is 11.6 Å². The van der Waals surface area contributed by atoms with Crippen molar-refractivity contribution in [1.82, 2.24) is 9.97 Å². The van der Waals surface area contributed by atoms with Gasteiger partial charge >= 0.3 is 0 Å². The minimum Gasteiger partial charge on any atom is -0.356 e. The van der Waals surface area contributed by atoms with Crippen LogP contribution in [0.3, 0.4) is 0 Å². The van der Waals surface area contributed by atoms with Crippen LogP contribution in [0.2, 0.25) is 5.15 Å². The van der Waals surface area contributed by atoms with E-state index >= 15 is 0 Å². The zero-order chi connectivity index (χ0) is 10.6. The molecule has 14 heavy (non-hydrogen) atoms. The maximum absolute atomic E-state index is 8.65. The Morgan fingerprint density at radius 1 is 1.57 bits per heavy atom. The highest BCUT2D eigenvalue weighted by molar-refractivity contribution is 6.31. The molecular weight excluding hydrogens is 200 g/mol. The smallest absolute Gasteiger partial charge is 0.171 e. The van der Waals surface area contributed by atoms with E-state index in [9.17, 15) is 0 Å². The van der Waals surface area contributed by atoms with Gasteiger partial charge in [-0.2, -0.15) is 5.26 Å². The van der Waals surface area contributed by atoms with Crippen LogP contribution in [0.5, 0.6) is 0 Å². The van der Waals surface area contributed by atoms with Crippen LogP contribution in [0, 0.1) is 17.2 Å². The summed E-state index contributed by atoms with van der Waals surface area (Å²) in [5.74, 6) is 0.550. The highest BCUT2D eigenvalue weighted by Crippen LogP contribution is 2.18. The quantitative estimate of drug-likeness (QED) is 0.763. The maximum atomic E-state index is 8.65. The number of nitrogens with zero attached hydrogens (tertiary/aromatic N) is 4. The molecule has 1 aromatic rings. The molecule has 0 aromatic carbocycles. The molecule has 4 nitrogen and oxygen atoms in total. The second-order valence-corrected chi connectivity index (χ2v) is 3.44. The van der Waals surface area contributed by atoms with Gasteiger partial charge in [0.15, 0.2) is 11.0 Å². The lowest BCUT2D eigenvalue weighted by molar-refractivity contribution is 0.709. The predicted octanol–water partition coefficient (Wildman–Crippen LogP) is 1.73. The highest BCUT2D eigenvalue weighted by atomic mass is 35.5. The first kappa shape index (κ1) is 10.7. The van der Waals surface area contributed by atoms with Gasteiger partial charge in [0.1, 0.15) is 0 Å². The van der Waals surface area contributed by atoms with Crippen LogP contribution in [0.15, 0.2) is 12.4 Å². The van der Waals surface area contributed by atoms with Crippen LogP contribution in [-0.2, 0) is 0 Å². The van der Waals surface area contributed by atoms with Crippen molar-refractivity contribution >= 4 is 17.4 Å². The van der Waals surface area contributed by atoms with Gasteiger partial charge in [-0.3, -0.25) is 0 Å². The number of rotatable bonds is 3. The minimum absolute atomic E-state index is 0.0573. The van der Waals surface area contributed by atoms with Crippen molar-refractivity contribution in [2.75, 3.05) is 18.5 Å². The Kier molecular flexibility index (Phi) is 3.66. The molecule has 1 rings (SSSR count). The topological polar surface area (TPSA) is 52.8 Å². The van der Waals surface area contributed by atoms with E-state index in [0.29, 0.717) is 17.5 Å². The Balaban J connectivity index is 2.75. The molecule has 0 radical (unpaired) electrons. The summed E-state index contributed by atoms with van der Waals surface area (Å²) >= 11 is 5.85. The molecule has 0 aliphatic heterocycles. The lowest BCUT2D eigenvalue weighted by Crippen LogP contribution is -2.24. The second-order valence-electron chi connectivity index (χ2n) is 3.08. The van der Waals surface area contributed by atoms with Crippen molar-refractivity contribution in [3.63, 3.8) is 0 Å². The average Bonchev–Trinajstić information content (AvgIpc) is 2.18. The van der Waals surface area contributed by atoms with Crippen LogP contribution in [-0.4, -0.2) is 23.6 Å². The fourth-order valence-electron chi connectivity index (χ4n) is 1.11. The Hall–Kier alpha value is -1.34. The maximum Gasteiger partial charge on any atom is 0.171 e. The molecule has 0 aliphatic carbocycles. The largest absolute Gasteiger partial charge is 0.356 e. The SMILES string of the molecule is CC(C#N)CN(C)c1nccnc1Cl. The normalized spacial score (nSPS) is 11.9. The van der Waals surface area contributed by atoms with Crippen molar-refractivity contribution in [3.05, 3.63) is 17.5 Å². The number of nitriles is 1. The molecule has 1 unspecified atom stereocenters. The number of halogens is 1. The van der Waals surface area contributed by atoms with Gasteiger partial charge in [0.05, 0.1) is 12.0 Å². The van der Waals surface area contributed by atoms with E-state index in [1.54, 1.807) is 6.20 Å². The van der Waals surface area contributed by atoms with Gasteiger partial charge in [0.25, 0.3) is 0 Å². The Labute approximate surface area is 88.2 Å². The fourth-order valence-corrected chi connectivity index (χ4v) is 1.36. The molecule has 0 amide bonds. The molecule has 1 atom stereocenters. The summed E-state index contributed by atoms with van der Waals surface area (Å²) in [5.41, 5.74) is 0. The van der Waals surface area contributed by atoms with E-state index < -0.39 is 0 Å². The van der Waals surface area contributed by atoms with E-state index in [0.717, 1.165) is 0 Å². The Morgan fingerprint density at radius 3 is 2.79 bits per heavy atom. The van der Waals surface area contributed by atoms with E-state index in [4.69, 9.17) is 16.9 Å². The lowest BCUT2D eigenvalue weighted by Gasteiger charge is -2.19. The molecule has 0 bridgehead atoms. The van der Waals surface area contributed by atoms with Crippen LogP contribution < -0.4 is 4.90 Å². The molecule has 1 aromatic heterocycles. The first-order valence-electron chi connectivity index (χ1n) is 4.22. The zero-order valence-corrected chi connectivity index (χ0v) is 8.86. The molecule has 0 saturated heterocycles. The van der Waals surface area contributed by atoms with Gasteiger partial charge in [-0.05, 0) is 6.92 Å². The van der Waals surface area contributed by atoms with Crippen molar-refractivity contribution in [3.8, 4) is 6.07 Å². The number of anilines is 1. The number of hydrogen-bond acceptors (Lipinski definition) is 4. The monoisotopic (exact) mass is 210 g/mol. The van der Waals surface area contributed by atoms with Crippen LogP contribution >= 0.6 is 11.6 Å². The summed E-state index contributed by atoms with van der Waals surface area (Å²) in [6.45, 7) is 2.44. The summed E-state index contributed by atoms with van der Waals surface area (Å²) < 4.78 is 0. The Bertz CT molecular complexity index is 347. The summed E-state index contributed by atoms with van der Waals surface area (Å²) in [7, 11) is 1.84. The molecular formula is C9H11ClN4. The van der Waals surface area contributed by atoms with E-state index in [1.807, 2.05) is 18.9 Å². The lowest BCUT2D eigenvalue weighted by atomic mass is 10.2. The van der Waals surface area contributed by atoms with Crippen LogP contribution in [0.25, 0.3) is 0 Å². The summed E-state index contributed by atoms with van der Waals surface area (Å²) in [5, 5.41) is 9.02. The van der Waals surface area contributed by atoms with Crippen molar-refractivity contribution in [2.45, 2.75) is 6.92 Å². The third-order valence-electron chi connectivity index (χ3n) is 1.77. The van der Waals surface area contributed by atoms with Gasteiger partial charge in [-0.15, -0.1) is 0 Å². The minimum atomic E-state index is -0.0573. The Morgan fingerprint density at radius 2 is 2.21 bits per heavy atom. The molecule has 74 valence electrons. The van der Waals surface area contributed by atoms with Crippen molar-refractivity contribution < 1.29 is 0 Å². The molecule has 5 heteroatoms. The second kappa shape index (κ2) is 4.77. The number of hydrogen-bond donors (Lipinski definition) is 0. The van der Waals surface area contributed by atoms with E-state index in [1.165, 1.54) is 6.20 Å². The van der Waals surface area contributed by atoms with Crippen LogP contribution in [0.1, 0.15) is 6.92 Å². The molecule has 0 N–H and O–H groups in total. The van der Waals surface area contributed by atoms with Gasteiger partial charge < -0.3 is 4.90 Å². The molecule has 0 fully saturated rings. The average molecular weight is 211 g/mol. The standard InChI is InChI=1S/C9H11ClN4/c1-7(5-11)6-14(2)9-8(10)12-3-4-13-9/h3-4,7H,6H2,1-2H3. The van der Waals surface area contributed by atoms with Gasteiger partial charge in [0.2, 0.25) is 0 Å². The summed E-state index contributed by atoms with van der Waals surface area (Å²) in [6.07, 6.45) is 3.11. The van der Waals surface area contributed by atoms with Crippen molar-refractivity contribution in [2.24, 2.45) is 5.92 Å². The van der Waals surface area contributed by atoms with Crippen molar-refractivity contribution in [1.29, 1.82) is 5.26 Å². The molecule has 0 aliphatic rings. The highest BCUT2D eigenvalue weighted by Gasteiger charge is 2.10. The molecule has 0 saturated carbocycles. The van der Waals surface area contributed by atoms with Crippen LogP contribution in [0.4, 0.5) is 5.82 Å². The number of aromatic nitrogens is 2. The predicted molar refractivity (Wildman–Crippen MR) is 55.1 cm³/mol. The first-order valence-corrected chi connectivity index (χ1v) is 4.60. The third kappa shape index (κ3) is 2.57. The molecule has 1 heterocycles. The summed E-state index contributed by atoms with van der Waals surface area (Å²) in [4.78, 5) is 9.82. The fraction of sp³-hybridized carbons (Fsp3) is 0.444. The van der Waals surface area contributed by atoms with Gasteiger partial charge in [0, 0.05) is 26.0 Å². The van der Waals surface area contributed by atoms with E-state index in [-0.39, 0.29) is 5.92 Å². The van der Waals surface area contributed by atoms with E-state index in [2.05, 4.69) is 16.0 Å². The van der Waals surface area contributed by atoms with Gasteiger partial charge in [-0.25, -0.2) is 9.97 Å². The zero-order valence-electron chi connectivity index (χ0n) is 8.11. The first-order chi connectivity index (χ1) is 6.65. The molecule has 0 spiro atoms. The third-order valence-corrected chi connectivity index (χ3v) is 2.03. The summed E-state index contributed by atoms with van der Waals surface area (Å²) in [6, 6.07) is 2.15.